The summed E-state index contributed by atoms with van der Waals surface area (Å²) in [5.74, 6) is 0.481. The molecule has 0 fully saturated rings. The number of hydrogen-bond acceptors (Lipinski definition) is 4. The van der Waals surface area contributed by atoms with Crippen LogP contribution in [0.1, 0.15) is 6.92 Å². The van der Waals surface area contributed by atoms with E-state index in [-0.39, 0.29) is 17.4 Å². The molecule has 2 aromatic rings. The minimum atomic E-state index is -3.82. The van der Waals surface area contributed by atoms with E-state index in [1.807, 2.05) is 19.1 Å². The van der Waals surface area contributed by atoms with Gasteiger partial charge in [-0.1, -0.05) is 19.1 Å². The number of nitrogens with one attached hydrogen (secondary N) is 1. The fourth-order valence-corrected chi connectivity index (χ4v) is 4.18. The first-order valence-corrected chi connectivity index (χ1v) is 9.81. The highest BCUT2D eigenvalue weighted by Gasteiger charge is 2.19. The van der Waals surface area contributed by atoms with Crippen LogP contribution in [0, 0.1) is 11.7 Å². The van der Waals surface area contributed by atoms with Gasteiger partial charge in [-0.25, -0.2) is 17.5 Å². The lowest BCUT2D eigenvalue weighted by Gasteiger charge is -2.16. The lowest BCUT2D eigenvalue weighted by molar-refractivity contribution is 0.248. The first-order valence-electron chi connectivity index (χ1n) is 7.54. The summed E-state index contributed by atoms with van der Waals surface area (Å²) >= 11 is 3.13. The number of ether oxygens (including phenoxy) is 2. The topological polar surface area (TPSA) is 64.6 Å². The third-order valence-corrected chi connectivity index (χ3v) is 5.81. The van der Waals surface area contributed by atoms with Gasteiger partial charge in [0.1, 0.15) is 5.82 Å². The van der Waals surface area contributed by atoms with E-state index >= 15 is 0 Å². The van der Waals surface area contributed by atoms with Crippen LogP contribution in [0.5, 0.6) is 11.5 Å². The molecule has 1 unspecified atom stereocenters. The molecule has 2 aromatic carbocycles. The molecule has 8 heteroatoms. The number of halogens is 2. The Kier molecular flexibility index (Phi) is 6.80. The van der Waals surface area contributed by atoms with Crippen molar-refractivity contribution in [2.75, 3.05) is 20.3 Å². The van der Waals surface area contributed by atoms with Crippen LogP contribution >= 0.6 is 15.9 Å². The van der Waals surface area contributed by atoms with E-state index < -0.39 is 15.8 Å². The van der Waals surface area contributed by atoms with E-state index in [1.165, 1.54) is 12.1 Å². The van der Waals surface area contributed by atoms with Crippen molar-refractivity contribution >= 4 is 26.0 Å². The second-order valence-electron chi connectivity index (χ2n) is 5.49. The van der Waals surface area contributed by atoms with Gasteiger partial charge in [0.05, 0.1) is 18.6 Å². The van der Waals surface area contributed by atoms with E-state index in [4.69, 9.17) is 9.47 Å². The molecule has 2 rings (SSSR count). The molecule has 136 valence electrons. The van der Waals surface area contributed by atoms with Crippen LogP contribution in [0.4, 0.5) is 4.39 Å². The molecular weight excluding hydrogens is 413 g/mol. The summed E-state index contributed by atoms with van der Waals surface area (Å²) in [5, 5.41) is 0. The lowest BCUT2D eigenvalue weighted by atomic mass is 10.2. The molecule has 0 amide bonds. The molecule has 0 bridgehead atoms. The lowest BCUT2D eigenvalue weighted by Crippen LogP contribution is -2.31. The highest BCUT2D eigenvalue weighted by atomic mass is 79.9. The van der Waals surface area contributed by atoms with Crippen molar-refractivity contribution in [3.63, 3.8) is 0 Å². The van der Waals surface area contributed by atoms with Crippen LogP contribution in [-0.4, -0.2) is 28.7 Å². The average molecular weight is 432 g/mol. The van der Waals surface area contributed by atoms with Crippen molar-refractivity contribution in [1.82, 2.24) is 4.72 Å². The second kappa shape index (κ2) is 8.64. The molecule has 1 atom stereocenters. The molecule has 5 nitrogen and oxygen atoms in total. The van der Waals surface area contributed by atoms with Gasteiger partial charge in [0.25, 0.3) is 0 Å². The fourth-order valence-electron chi connectivity index (χ4n) is 2.04. The van der Waals surface area contributed by atoms with Crippen LogP contribution < -0.4 is 14.2 Å². The zero-order valence-electron chi connectivity index (χ0n) is 13.8. The van der Waals surface area contributed by atoms with Crippen molar-refractivity contribution in [3.8, 4) is 11.5 Å². The molecule has 0 aliphatic heterocycles. The highest BCUT2D eigenvalue weighted by molar-refractivity contribution is 9.10. The van der Waals surface area contributed by atoms with Crippen LogP contribution in [0.15, 0.2) is 51.8 Å². The summed E-state index contributed by atoms with van der Waals surface area (Å²) in [4.78, 5) is -0.134. The number of rotatable bonds is 8. The average Bonchev–Trinajstić information content (AvgIpc) is 2.60. The van der Waals surface area contributed by atoms with Gasteiger partial charge < -0.3 is 9.47 Å². The van der Waals surface area contributed by atoms with Crippen molar-refractivity contribution in [1.29, 1.82) is 0 Å². The number of benzene rings is 2. The van der Waals surface area contributed by atoms with Crippen LogP contribution in [0.3, 0.4) is 0 Å². The quantitative estimate of drug-likeness (QED) is 0.693. The highest BCUT2D eigenvalue weighted by Crippen LogP contribution is 2.26. The number of para-hydroxylation sites is 2. The third kappa shape index (κ3) is 5.42. The Hall–Kier alpha value is -1.64. The van der Waals surface area contributed by atoms with Gasteiger partial charge >= 0.3 is 0 Å². The van der Waals surface area contributed by atoms with Gasteiger partial charge in [-0.3, -0.25) is 0 Å². The Balaban J connectivity index is 1.95. The molecule has 0 aromatic heterocycles. The predicted molar refractivity (Wildman–Crippen MR) is 96.9 cm³/mol. The van der Waals surface area contributed by atoms with Gasteiger partial charge in [-0.15, -0.1) is 0 Å². The van der Waals surface area contributed by atoms with Crippen molar-refractivity contribution in [2.24, 2.45) is 5.92 Å². The van der Waals surface area contributed by atoms with E-state index in [1.54, 1.807) is 19.2 Å². The summed E-state index contributed by atoms with van der Waals surface area (Å²) in [7, 11) is -2.27. The summed E-state index contributed by atoms with van der Waals surface area (Å²) in [5.41, 5.74) is 0. The SMILES string of the molecule is COc1ccccc1OCC(C)CNS(=O)(=O)c1cc(F)ccc1Br. The molecule has 25 heavy (non-hydrogen) atoms. The first-order chi connectivity index (χ1) is 11.8. The van der Waals surface area contributed by atoms with E-state index in [0.717, 1.165) is 6.07 Å². The van der Waals surface area contributed by atoms with Gasteiger partial charge in [0.2, 0.25) is 10.0 Å². The molecule has 0 saturated carbocycles. The number of sulfonamides is 1. The van der Waals surface area contributed by atoms with Gasteiger partial charge in [-0.05, 0) is 46.3 Å². The molecule has 0 aliphatic rings. The maximum atomic E-state index is 13.3. The second-order valence-corrected chi connectivity index (χ2v) is 8.08. The van der Waals surface area contributed by atoms with Crippen LogP contribution in [0.25, 0.3) is 0 Å². The van der Waals surface area contributed by atoms with Gasteiger partial charge in [0.15, 0.2) is 11.5 Å². The van der Waals surface area contributed by atoms with Gasteiger partial charge in [-0.2, -0.15) is 0 Å². The maximum absolute atomic E-state index is 13.3. The van der Waals surface area contributed by atoms with Crippen LogP contribution in [-0.2, 0) is 10.0 Å². The number of hydrogen-bond donors (Lipinski definition) is 1. The predicted octanol–water partition coefficient (Wildman–Crippen LogP) is 3.59. The summed E-state index contributed by atoms with van der Waals surface area (Å²) in [6.45, 7) is 2.30. The summed E-state index contributed by atoms with van der Waals surface area (Å²) in [6.07, 6.45) is 0. The van der Waals surface area contributed by atoms with E-state index in [0.29, 0.717) is 22.6 Å². The minimum absolute atomic E-state index is 0.105. The molecular formula is C17H19BrFNO4S. The Morgan fingerprint density at radius 3 is 2.56 bits per heavy atom. The van der Waals surface area contributed by atoms with Crippen LogP contribution in [0.2, 0.25) is 0 Å². The first kappa shape index (κ1) is 19.7. The summed E-state index contributed by atoms with van der Waals surface area (Å²) in [6, 6.07) is 10.7. The normalized spacial score (nSPS) is 12.6. The third-order valence-electron chi connectivity index (χ3n) is 3.40. The number of methoxy groups -OCH3 is 1. The molecule has 0 aliphatic carbocycles. The summed E-state index contributed by atoms with van der Waals surface area (Å²) < 4.78 is 51.6. The molecule has 1 N–H and O–H groups in total. The van der Waals surface area contributed by atoms with E-state index in [2.05, 4.69) is 20.7 Å². The molecule has 0 saturated heterocycles. The maximum Gasteiger partial charge on any atom is 0.241 e. The largest absolute Gasteiger partial charge is 0.493 e. The Labute approximate surface area is 155 Å². The van der Waals surface area contributed by atoms with Crippen molar-refractivity contribution in [3.05, 3.63) is 52.8 Å². The molecule has 0 heterocycles. The monoisotopic (exact) mass is 431 g/mol. The Morgan fingerprint density at radius 1 is 1.20 bits per heavy atom. The standard InChI is InChI=1S/C17H19BrFNO4S/c1-12(11-24-16-6-4-3-5-15(16)23-2)10-20-25(21,22)17-9-13(19)7-8-14(17)18/h3-9,12,20H,10-11H2,1-2H3. The van der Waals surface area contributed by atoms with Crippen molar-refractivity contribution < 1.29 is 22.3 Å². The van der Waals surface area contributed by atoms with E-state index in [9.17, 15) is 12.8 Å². The Morgan fingerprint density at radius 2 is 1.88 bits per heavy atom. The van der Waals surface area contributed by atoms with Crippen molar-refractivity contribution in [2.45, 2.75) is 11.8 Å². The Bertz CT molecular complexity index is 829. The zero-order valence-corrected chi connectivity index (χ0v) is 16.2. The smallest absolute Gasteiger partial charge is 0.241 e. The molecule has 0 spiro atoms. The minimum Gasteiger partial charge on any atom is -0.493 e. The zero-order chi connectivity index (χ0) is 18.4. The fraction of sp³-hybridized carbons (Fsp3) is 0.294. The molecule has 0 radical (unpaired) electrons. The van der Waals surface area contributed by atoms with Gasteiger partial charge in [0, 0.05) is 16.9 Å².